The van der Waals surface area contributed by atoms with Crippen molar-refractivity contribution in [1.29, 1.82) is 0 Å². The van der Waals surface area contributed by atoms with Crippen LogP contribution in [0.5, 0.6) is 0 Å². The van der Waals surface area contributed by atoms with Gasteiger partial charge < -0.3 is 10.6 Å². The van der Waals surface area contributed by atoms with E-state index >= 15 is 0 Å². The molecular weight excluding hydrogens is 152 g/mol. The van der Waals surface area contributed by atoms with Crippen LogP contribution in [-0.2, 0) is 0 Å². The van der Waals surface area contributed by atoms with E-state index in [1.54, 1.807) is 4.90 Å². The van der Waals surface area contributed by atoms with Crippen LogP contribution >= 0.6 is 0 Å². The van der Waals surface area contributed by atoms with Crippen molar-refractivity contribution in [1.82, 2.24) is 4.90 Å². The molecule has 0 aromatic heterocycles. The minimum Gasteiger partial charge on any atom is -0.351 e. The maximum atomic E-state index is 10.6. The van der Waals surface area contributed by atoms with Gasteiger partial charge in [-0.05, 0) is 11.8 Å². The number of carbonyl (C=O) groups excluding carboxylic acids is 1. The van der Waals surface area contributed by atoms with Gasteiger partial charge in [-0.2, -0.15) is 0 Å². The molecule has 1 aliphatic heterocycles. The Morgan fingerprint density at radius 1 is 1.42 bits per heavy atom. The van der Waals surface area contributed by atoms with Crippen molar-refractivity contribution in [3.05, 3.63) is 0 Å². The van der Waals surface area contributed by atoms with Crippen LogP contribution in [-0.4, -0.2) is 24.0 Å². The summed E-state index contributed by atoms with van der Waals surface area (Å²) in [6.45, 7) is 9.93. The van der Waals surface area contributed by atoms with Gasteiger partial charge in [-0.15, -0.1) is 0 Å². The summed E-state index contributed by atoms with van der Waals surface area (Å²) in [6, 6.07) is -0.287. The van der Waals surface area contributed by atoms with Gasteiger partial charge in [0.1, 0.15) is 0 Å². The summed E-state index contributed by atoms with van der Waals surface area (Å²) >= 11 is 0. The average Bonchev–Trinajstić information content (AvgIpc) is 2.35. The van der Waals surface area contributed by atoms with E-state index in [0.29, 0.717) is 0 Å². The lowest BCUT2D eigenvalue weighted by molar-refractivity contribution is 0.213. The molecule has 2 amide bonds. The van der Waals surface area contributed by atoms with E-state index in [2.05, 4.69) is 13.8 Å². The number of amides is 2. The smallest absolute Gasteiger partial charge is 0.314 e. The number of likely N-dealkylation sites (tertiary alicyclic amines) is 1. The summed E-state index contributed by atoms with van der Waals surface area (Å²) in [7, 11) is 0. The quantitative estimate of drug-likeness (QED) is 0.595. The number of primary amides is 1. The van der Waals surface area contributed by atoms with Crippen molar-refractivity contribution in [3.8, 4) is 0 Å². The number of hydrogen-bond donors (Lipinski definition) is 1. The van der Waals surface area contributed by atoms with Crippen molar-refractivity contribution >= 4 is 6.03 Å². The Morgan fingerprint density at radius 3 is 2.08 bits per heavy atom. The zero-order valence-electron chi connectivity index (χ0n) is 8.55. The molecule has 1 aliphatic rings. The predicted molar refractivity (Wildman–Crippen MR) is 50.9 cm³/mol. The van der Waals surface area contributed by atoms with Gasteiger partial charge in [-0.25, -0.2) is 4.79 Å². The molecule has 1 heterocycles. The molecule has 0 aliphatic carbocycles. The lowest BCUT2D eigenvalue weighted by Crippen LogP contribution is -2.34. The second-order valence-electron chi connectivity index (χ2n) is 3.67. The molecule has 3 heteroatoms. The van der Waals surface area contributed by atoms with Crippen LogP contribution in [0, 0.1) is 5.41 Å². The predicted octanol–water partition coefficient (Wildman–Crippen LogP) is 1.82. The molecular formula is C9H20N2O. The molecule has 2 N–H and O–H groups in total. The Hall–Kier alpha value is -0.730. The Bertz CT molecular complexity index is 155. The van der Waals surface area contributed by atoms with Crippen molar-refractivity contribution in [2.24, 2.45) is 11.1 Å². The molecule has 72 valence electrons. The van der Waals surface area contributed by atoms with Gasteiger partial charge in [0.25, 0.3) is 0 Å². The van der Waals surface area contributed by atoms with Gasteiger partial charge >= 0.3 is 6.03 Å². The first kappa shape index (κ1) is 11.3. The molecule has 1 fully saturated rings. The zero-order valence-corrected chi connectivity index (χ0v) is 8.55. The molecule has 0 radical (unpaired) electrons. The highest BCUT2D eigenvalue weighted by atomic mass is 16.2. The summed E-state index contributed by atoms with van der Waals surface area (Å²) in [4.78, 5) is 12.3. The Morgan fingerprint density at radius 2 is 1.92 bits per heavy atom. The highest BCUT2D eigenvalue weighted by Gasteiger charge is 2.30. The topological polar surface area (TPSA) is 46.3 Å². The molecule has 0 aromatic carbocycles. The van der Waals surface area contributed by atoms with Crippen LogP contribution < -0.4 is 5.73 Å². The number of nitrogens with zero attached hydrogens (tertiary/aromatic N) is 1. The van der Waals surface area contributed by atoms with Crippen LogP contribution in [0.15, 0.2) is 0 Å². The van der Waals surface area contributed by atoms with Gasteiger partial charge in [-0.1, -0.05) is 27.7 Å². The van der Waals surface area contributed by atoms with Crippen LogP contribution in [0.4, 0.5) is 4.79 Å². The molecule has 0 unspecified atom stereocenters. The number of rotatable bonds is 0. The van der Waals surface area contributed by atoms with Crippen molar-refractivity contribution in [3.63, 3.8) is 0 Å². The van der Waals surface area contributed by atoms with E-state index in [9.17, 15) is 4.79 Å². The van der Waals surface area contributed by atoms with Gasteiger partial charge in [0.2, 0.25) is 0 Å². The SMILES string of the molecule is CC.CC1(C)CCN(C(N)=O)C1. The van der Waals surface area contributed by atoms with Crippen LogP contribution in [0.1, 0.15) is 34.1 Å². The van der Waals surface area contributed by atoms with E-state index in [0.717, 1.165) is 19.5 Å². The molecule has 1 rings (SSSR count). The normalized spacial score (nSPS) is 19.8. The molecule has 1 saturated heterocycles. The molecule has 0 saturated carbocycles. The first-order valence-corrected chi connectivity index (χ1v) is 4.56. The number of urea groups is 1. The maximum absolute atomic E-state index is 10.6. The second kappa shape index (κ2) is 4.33. The largest absolute Gasteiger partial charge is 0.351 e. The van der Waals surface area contributed by atoms with Crippen LogP contribution in [0.25, 0.3) is 0 Å². The minimum atomic E-state index is -0.287. The van der Waals surface area contributed by atoms with Crippen LogP contribution in [0.3, 0.4) is 0 Å². The van der Waals surface area contributed by atoms with E-state index < -0.39 is 0 Å². The van der Waals surface area contributed by atoms with E-state index in [4.69, 9.17) is 5.73 Å². The first-order valence-electron chi connectivity index (χ1n) is 4.56. The van der Waals surface area contributed by atoms with Gasteiger partial charge in [0, 0.05) is 13.1 Å². The highest BCUT2D eigenvalue weighted by molar-refractivity contribution is 5.72. The van der Waals surface area contributed by atoms with E-state index in [1.165, 1.54) is 0 Å². The Balaban J connectivity index is 0.000000561. The molecule has 0 aromatic rings. The first-order chi connectivity index (χ1) is 5.51. The minimum absolute atomic E-state index is 0.273. The average molecular weight is 172 g/mol. The standard InChI is InChI=1S/C7H14N2O.C2H6/c1-7(2)3-4-9(5-7)6(8)10;1-2/h3-5H2,1-2H3,(H2,8,10);1-2H3. The maximum Gasteiger partial charge on any atom is 0.314 e. The molecule has 0 bridgehead atoms. The van der Waals surface area contributed by atoms with Gasteiger partial charge in [0.05, 0.1) is 0 Å². The van der Waals surface area contributed by atoms with Crippen molar-refractivity contribution in [2.45, 2.75) is 34.1 Å². The molecule has 3 nitrogen and oxygen atoms in total. The van der Waals surface area contributed by atoms with E-state index in [1.807, 2.05) is 13.8 Å². The number of nitrogens with two attached hydrogens (primary N) is 1. The number of hydrogen-bond acceptors (Lipinski definition) is 1. The third-order valence-corrected chi connectivity index (χ3v) is 1.99. The molecule has 12 heavy (non-hydrogen) atoms. The molecule has 0 spiro atoms. The summed E-state index contributed by atoms with van der Waals surface area (Å²) < 4.78 is 0. The fourth-order valence-corrected chi connectivity index (χ4v) is 1.30. The van der Waals surface area contributed by atoms with Gasteiger partial charge in [0.15, 0.2) is 0 Å². The lowest BCUT2D eigenvalue weighted by Gasteiger charge is -2.17. The van der Waals surface area contributed by atoms with E-state index in [-0.39, 0.29) is 11.4 Å². The monoisotopic (exact) mass is 172 g/mol. The lowest BCUT2D eigenvalue weighted by atomic mass is 9.93. The zero-order chi connectivity index (χ0) is 9.78. The fourth-order valence-electron chi connectivity index (χ4n) is 1.30. The fraction of sp³-hybridized carbons (Fsp3) is 0.889. The van der Waals surface area contributed by atoms with Crippen molar-refractivity contribution in [2.75, 3.05) is 13.1 Å². The highest BCUT2D eigenvalue weighted by Crippen LogP contribution is 2.28. The number of carbonyl (C=O) groups is 1. The summed E-state index contributed by atoms with van der Waals surface area (Å²) in [5.74, 6) is 0. The van der Waals surface area contributed by atoms with Gasteiger partial charge in [-0.3, -0.25) is 0 Å². The Kier molecular flexibility index (Phi) is 4.07. The Labute approximate surface area is 74.9 Å². The summed E-state index contributed by atoms with van der Waals surface area (Å²) in [5, 5.41) is 0. The van der Waals surface area contributed by atoms with Crippen LogP contribution in [0.2, 0.25) is 0 Å². The third-order valence-electron chi connectivity index (χ3n) is 1.99. The summed E-state index contributed by atoms with van der Waals surface area (Å²) in [6.07, 6.45) is 1.07. The van der Waals surface area contributed by atoms with Crippen molar-refractivity contribution < 1.29 is 4.79 Å². The molecule has 0 atom stereocenters. The third kappa shape index (κ3) is 3.11. The second-order valence-corrected chi connectivity index (χ2v) is 3.67. The summed E-state index contributed by atoms with van der Waals surface area (Å²) in [5.41, 5.74) is 5.38.